The van der Waals surface area contributed by atoms with Crippen LogP contribution in [0.25, 0.3) is 0 Å². The van der Waals surface area contributed by atoms with Gasteiger partial charge in [-0.15, -0.1) is 0 Å². The van der Waals surface area contributed by atoms with Crippen molar-refractivity contribution < 1.29 is 14.7 Å². The number of rotatable bonds is 28. The van der Waals surface area contributed by atoms with Crippen molar-refractivity contribution in [3.05, 3.63) is 57.6 Å². The van der Waals surface area contributed by atoms with Gasteiger partial charge in [0, 0.05) is 35.4 Å². The summed E-state index contributed by atoms with van der Waals surface area (Å²) in [7, 11) is 0. The maximum atomic E-state index is 11.7. The molecule has 1 aliphatic carbocycles. The molecule has 2 atom stereocenters. The molecular weight excluding hydrogens is 651 g/mol. The first-order chi connectivity index (χ1) is 25.6. The zero-order valence-electron chi connectivity index (χ0n) is 35.6. The molecule has 0 aliphatic heterocycles. The van der Waals surface area contributed by atoms with Crippen molar-refractivity contribution in [1.82, 2.24) is 0 Å². The maximum absolute atomic E-state index is 11.7. The van der Waals surface area contributed by atoms with Gasteiger partial charge in [-0.1, -0.05) is 118 Å². The number of phenols is 2. The summed E-state index contributed by atoms with van der Waals surface area (Å²) in [5.74, 6) is 0.783. The molecule has 0 spiro atoms. The summed E-state index contributed by atoms with van der Waals surface area (Å²) in [6.45, 7) is 23.0. The lowest BCUT2D eigenvalue weighted by molar-refractivity contribution is -0.929. The second-order valence-electron chi connectivity index (χ2n) is 16.8. The fourth-order valence-electron chi connectivity index (χ4n) is 8.82. The summed E-state index contributed by atoms with van der Waals surface area (Å²) < 4.78 is 1.23. The number of hydrogen-bond donors (Lipinski definition) is 2. The minimum Gasteiger partial charge on any atom is -0.507 e. The summed E-state index contributed by atoms with van der Waals surface area (Å²) >= 11 is 0. The minimum absolute atomic E-state index is 0.0286. The van der Waals surface area contributed by atoms with Gasteiger partial charge in [0.05, 0.1) is 38.3 Å². The smallest absolute Gasteiger partial charge is 0.127 e. The Bertz CT molecular complexity index is 1380. The first-order valence-electron chi connectivity index (χ1n) is 22.2. The molecule has 2 N–H and O–H groups in total. The Morgan fingerprint density at radius 1 is 0.528 bits per heavy atom. The number of nitrogens with zero attached hydrogens (tertiary/aromatic N) is 3. The molecular formula is C48H80N3O2+. The summed E-state index contributed by atoms with van der Waals surface area (Å²) in [4.78, 5) is 10.6. The zero-order chi connectivity index (χ0) is 38.7. The Balaban J connectivity index is 1.91. The summed E-state index contributed by atoms with van der Waals surface area (Å²) in [5.41, 5.74) is 6.11. The fraction of sp³-hybridized carbons (Fsp3) is 0.708. The van der Waals surface area contributed by atoms with Crippen molar-refractivity contribution in [2.24, 2.45) is 15.4 Å². The number of phenolic OH excluding ortho intramolecular Hbond substituents is 2. The van der Waals surface area contributed by atoms with Gasteiger partial charge in [-0.05, 0) is 99.6 Å². The highest BCUT2D eigenvalue weighted by molar-refractivity contribution is 5.86. The first kappa shape index (κ1) is 44.7. The minimum atomic E-state index is 0.0286. The van der Waals surface area contributed by atoms with Gasteiger partial charge < -0.3 is 14.7 Å². The summed E-state index contributed by atoms with van der Waals surface area (Å²) in [5, 5.41) is 22.9. The van der Waals surface area contributed by atoms with Crippen molar-refractivity contribution in [2.75, 3.05) is 26.2 Å². The molecule has 1 aliphatic rings. The molecule has 0 radical (unpaired) electrons. The van der Waals surface area contributed by atoms with Crippen LogP contribution in [0.5, 0.6) is 11.5 Å². The monoisotopic (exact) mass is 731 g/mol. The van der Waals surface area contributed by atoms with E-state index in [0.717, 1.165) is 72.8 Å². The molecule has 2 aromatic rings. The van der Waals surface area contributed by atoms with Gasteiger partial charge in [-0.2, -0.15) is 0 Å². The lowest BCUT2D eigenvalue weighted by atomic mass is 9.90. The van der Waals surface area contributed by atoms with Crippen LogP contribution in [0.1, 0.15) is 184 Å². The topological polar surface area (TPSA) is 65.2 Å². The highest BCUT2D eigenvalue weighted by atomic mass is 16.3. The average Bonchev–Trinajstić information content (AvgIpc) is 3.75. The van der Waals surface area contributed by atoms with Gasteiger partial charge in [-0.25, -0.2) is 0 Å². The molecule has 5 nitrogen and oxygen atoms in total. The number of quaternary nitrogens is 1. The van der Waals surface area contributed by atoms with E-state index in [2.05, 4.69) is 79.7 Å². The molecule has 2 aromatic carbocycles. The van der Waals surface area contributed by atoms with Crippen molar-refractivity contribution in [3.63, 3.8) is 0 Å². The highest BCUT2D eigenvalue weighted by Crippen LogP contribution is 2.58. The van der Waals surface area contributed by atoms with Crippen LogP contribution in [0.2, 0.25) is 0 Å². The Morgan fingerprint density at radius 2 is 0.906 bits per heavy atom. The second-order valence-corrected chi connectivity index (χ2v) is 16.8. The Morgan fingerprint density at radius 3 is 1.30 bits per heavy atom. The lowest BCUT2D eigenvalue weighted by Gasteiger charge is -2.39. The SMILES string of the molecule is CCCCCC1(CCCCC)C(N=Cc2cc(C)cc(CCCC)c2O)C1N=Cc1cc(C)cc(CCC[N+](CCCC)(CCCC)CCCC)c1O. The van der Waals surface area contributed by atoms with Crippen LogP contribution in [0.4, 0.5) is 0 Å². The molecule has 1 fully saturated rings. The van der Waals surface area contributed by atoms with Crippen molar-refractivity contribution >= 4 is 12.4 Å². The largest absolute Gasteiger partial charge is 0.507 e. The van der Waals surface area contributed by atoms with Gasteiger partial charge in [0.25, 0.3) is 0 Å². The third-order valence-corrected chi connectivity index (χ3v) is 12.2. The molecule has 1 saturated carbocycles. The number of unbranched alkanes of at least 4 members (excludes halogenated alkanes) is 8. The second kappa shape index (κ2) is 23.3. The molecule has 298 valence electrons. The van der Waals surface area contributed by atoms with Gasteiger partial charge in [-0.3, -0.25) is 9.98 Å². The van der Waals surface area contributed by atoms with Crippen LogP contribution in [-0.4, -0.2) is 65.4 Å². The Hall–Kier alpha value is -2.66. The van der Waals surface area contributed by atoms with Crippen LogP contribution in [0.3, 0.4) is 0 Å². The van der Waals surface area contributed by atoms with Crippen LogP contribution in [0.15, 0.2) is 34.3 Å². The van der Waals surface area contributed by atoms with Crippen molar-refractivity contribution in [2.45, 2.75) is 189 Å². The van der Waals surface area contributed by atoms with E-state index in [-0.39, 0.29) is 17.5 Å². The molecule has 2 unspecified atom stereocenters. The highest BCUT2D eigenvalue weighted by Gasteiger charge is 2.63. The van der Waals surface area contributed by atoms with E-state index >= 15 is 0 Å². The van der Waals surface area contributed by atoms with Crippen molar-refractivity contribution in [3.8, 4) is 11.5 Å². The lowest BCUT2D eigenvalue weighted by Crippen LogP contribution is -2.50. The van der Waals surface area contributed by atoms with Crippen LogP contribution in [-0.2, 0) is 12.8 Å². The molecule has 0 saturated heterocycles. The molecule has 0 heterocycles. The third kappa shape index (κ3) is 13.3. The van der Waals surface area contributed by atoms with E-state index in [4.69, 9.17) is 9.98 Å². The number of aromatic hydroxyl groups is 2. The van der Waals surface area contributed by atoms with Crippen LogP contribution < -0.4 is 0 Å². The van der Waals surface area contributed by atoms with Gasteiger partial charge in [0.2, 0.25) is 0 Å². The van der Waals surface area contributed by atoms with E-state index in [0.29, 0.717) is 11.5 Å². The normalized spacial score (nSPS) is 17.1. The molecule has 0 bridgehead atoms. The number of aliphatic imine (C=N–C) groups is 2. The quantitative estimate of drug-likeness (QED) is 0.0520. The standard InChI is InChI=1S/C48H79N3O2/c1-9-15-21-26-48(27-22-16-10-2)46(49-36-42-34-38(7)32-40(44(42)52)24-17-11-3)47(48)50-37-43-35-39(8)33-41(45(43)53)25-23-31-51(28-18-12-4,29-19-13-5)30-20-14-6/h32-37,46-47H,9-31H2,1-8H3,(H-,49,50,52,53)/p+1. The van der Waals surface area contributed by atoms with Gasteiger partial charge in [0.15, 0.2) is 0 Å². The maximum Gasteiger partial charge on any atom is 0.127 e. The van der Waals surface area contributed by atoms with Gasteiger partial charge >= 0.3 is 0 Å². The average molecular weight is 731 g/mol. The summed E-state index contributed by atoms with van der Waals surface area (Å²) in [6, 6.07) is 8.64. The van der Waals surface area contributed by atoms with E-state index in [1.165, 1.54) is 113 Å². The van der Waals surface area contributed by atoms with E-state index in [1.54, 1.807) is 0 Å². The number of aryl methyl sites for hydroxylation is 4. The number of benzene rings is 2. The Kier molecular flexibility index (Phi) is 19.7. The van der Waals surface area contributed by atoms with Crippen molar-refractivity contribution in [1.29, 1.82) is 0 Å². The zero-order valence-corrected chi connectivity index (χ0v) is 35.6. The summed E-state index contributed by atoms with van der Waals surface area (Å²) in [6.07, 6.45) is 26.0. The molecule has 5 heteroatoms. The van der Waals surface area contributed by atoms with E-state index in [1.807, 2.05) is 12.4 Å². The van der Waals surface area contributed by atoms with E-state index < -0.39 is 0 Å². The van der Waals surface area contributed by atoms with E-state index in [9.17, 15) is 10.2 Å². The molecule has 0 aromatic heterocycles. The molecule has 0 amide bonds. The number of hydrogen-bond acceptors (Lipinski definition) is 4. The van der Waals surface area contributed by atoms with Crippen LogP contribution in [0, 0.1) is 19.3 Å². The Labute approximate surface area is 326 Å². The predicted octanol–water partition coefficient (Wildman–Crippen LogP) is 12.6. The third-order valence-electron chi connectivity index (χ3n) is 12.2. The molecule has 3 rings (SSSR count). The predicted molar refractivity (Wildman–Crippen MR) is 231 cm³/mol. The van der Waals surface area contributed by atoms with Crippen LogP contribution >= 0.6 is 0 Å². The fourth-order valence-corrected chi connectivity index (χ4v) is 8.82. The molecule has 53 heavy (non-hydrogen) atoms. The first-order valence-corrected chi connectivity index (χ1v) is 22.2. The van der Waals surface area contributed by atoms with Gasteiger partial charge in [0.1, 0.15) is 11.5 Å².